The molecule has 0 saturated carbocycles. The van der Waals surface area contributed by atoms with Gasteiger partial charge in [0.1, 0.15) is 10.8 Å². The maximum Gasteiger partial charge on any atom is 0.205 e. The number of hydrogen-bond acceptors (Lipinski definition) is 8. The van der Waals surface area contributed by atoms with Gasteiger partial charge in [-0.2, -0.15) is 4.37 Å². The van der Waals surface area contributed by atoms with Gasteiger partial charge in [-0.15, -0.1) is 10.2 Å². The largest absolute Gasteiger partial charge is 0.363 e. The highest BCUT2D eigenvalue weighted by Crippen LogP contribution is 2.26. The van der Waals surface area contributed by atoms with Gasteiger partial charge in [0.25, 0.3) is 0 Å². The lowest BCUT2D eigenvalue weighted by molar-refractivity contribution is 0.971. The Kier molecular flexibility index (Phi) is 4.08. The van der Waals surface area contributed by atoms with Gasteiger partial charge in [0, 0.05) is 13.5 Å². The van der Waals surface area contributed by atoms with E-state index in [0.717, 1.165) is 32.5 Å². The van der Waals surface area contributed by atoms with E-state index in [2.05, 4.69) is 31.8 Å². The minimum absolute atomic E-state index is 0.803. The Morgan fingerprint density at radius 1 is 1.38 bits per heavy atom. The topological polar surface area (TPSA) is 63.6 Å². The summed E-state index contributed by atoms with van der Waals surface area (Å²) in [6.07, 6.45) is 0.889. The summed E-state index contributed by atoms with van der Waals surface area (Å²) in [4.78, 5) is 4.38. The maximum absolute atomic E-state index is 4.38. The number of hydrogen-bond donors (Lipinski definition) is 1. The zero-order chi connectivity index (χ0) is 11.4. The van der Waals surface area contributed by atoms with E-state index in [4.69, 9.17) is 0 Å². The summed E-state index contributed by atoms with van der Waals surface area (Å²) >= 11 is 4.67. The van der Waals surface area contributed by atoms with Crippen molar-refractivity contribution in [3.8, 4) is 0 Å². The number of thioether (sulfide) groups is 1. The summed E-state index contributed by atoms with van der Waals surface area (Å²) in [6.45, 7) is 2.06. The van der Waals surface area contributed by atoms with Gasteiger partial charge in [-0.3, -0.25) is 0 Å². The van der Waals surface area contributed by atoms with Crippen LogP contribution in [-0.4, -0.2) is 26.6 Å². The second kappa shape index (κ2) is 5.55. The molecule has 0 saturated heterocycles. The zero-order valence-electron chi connectivity index (χ0n) is 8.93. The molecule has 1 N–H and O–H groups in total. The van der Waals surface area contributed by atoms with Gasteiger partial charge < -0.3 is 5.32 Å². The van der Waals surface area contributed by atoms with Gasteiger partial charge in [-0.25, -0.2) is 4.98 Å². The molecule has 0 aliphatic carbocycles. The summed E-state index contributed by atoms with van der Waals surface area (Å²) < 4.78 is 5.23. The van der Waals surface area contributed by atoms with Gasteiger partial charge in [-0.1, -0.05) is 30.0 Å². The Balaban J connectivity index is 1.91. The van der Waals surface area contributed by atoms with Crippen LogP contribution in [0.5, 0.6) is 0 Å². The number of rotatable bonds is 5. The van der Waals surface area contributed by atoms with Crippen LogP contribution in [0.2, 0.25) is 0 Å². The van der Waals surface area contributed by atoms with Crippen LogP contribution in [-0.2, 0) is 12.2 Å². The Morgan fingerprint density at radius 2 is 2.25 bits per heavy atom. The molecule has 0 radical (unpaired) electrons. The normalized spacial score (nSPS) is 10.6. The molecule has 0 amide bonds. The van der Waals surface area contributed by atoms with Crippen LogP contribution in [0.25, 0.3) is 0 Å². The SMILES string of the molecule is CCc1nsc(SCc2nnc(NC)s2)n1. The predicted octanol–water partition coefficient (Wildman–Crippen LogP) is 2.29. The molecule has 5 nitrogen and oxygen atoms in total. The molecule has 0 spiro atoms. The maximum atomic E-state index is 4.38. The first-order valence-electron chi connectivity index (χ1n) is 4.77. The molecule has 8 heteroatoms. The summed E-state index contributed by atoms with van der Waals surface area (Å²) in [5.41, 5.74) is 0. The molecule has 0 bridgehead atoms. The third-order valence-corrected chi connectivity index (χ3v) is 4.77. The second-order valence-electron chi connectivity index (χ2n) is 2.87. The fourth-order valence-corrected chi connectivity index (χ4v) is 3.35. The van der Waals surface area contributed by atoms with E-state index in [1.54, 1.807) is 23.1 Å². The predicted molar refractivity (Wildman–Crippen MR) is 68.3 cm³/mol. The number of nitrogens with zero attached hydrogens (tertiary/aromatic N) is 4. The van der Waals surface area contributed by atoms with Gasteiger partial charge in [0.05, 0.1) is 5.75 Å². The van der Waals surface area contributed by atoms with Crippen molar-refractivity contribution in [2.45, 2.75) is 23.4 Å². The molecule has 2 aromatic heterocycles. The summed E-state index contributed by atoms with van der Waals surface area (Å²) in [6, 6.07) is 0. The Morgan fingerprint density at radius 3 is 2.88 bits per heavy atom. The molecule has 2 heterocycles. The number of aromatic nitrogens is 4. The minimum atomic E-state index is 0.803. The lowest BCUT2D eigenvalue weighted by Crippen LogP contribution is -1.84. The molecule has 0 fully saturated rings. The van der Waals surface area contributed by atoms with Crippen molar-refractivity contribution in [1.29, 1.82) is 0 Å². The summed E-state index contributed by atoms with van der Waals surface area (Å²) in [5, 5.41) is 12.9. The molecule has 0 aliphatic heterocycles. The highest BCUT2D eigenvalue weighted by Gasteiger charge is 2.06. The first-order chi connectivity index (χ1) is 7.81. The fraction of sp³-hybridized carbons (Fsp3) is 0.500. The van der Waals surface area contributed by atoms with Crippen molar-refractivity contribution in [2.24, 2.45) is 0 Å². The van der Waals surface area contributed by atoms with Crippen LogP contribution < -0.4 is 5.32 Å². The van der Waals surface area contributed by atoms with Crippen molar-refractivity contribution in [3.63, 3.8) is 0 Å². The van der Waals surface area contributed by atoms with Crippen molar-refractivity contribution in [1.82, 2.24) is 19.6 Å². The van der Waals surface area contributed by atoms with Crippen molar-refractivity contribution >= 4 is 39.8 Å². The molecule has 0 aromatic carbocycles. The van der Waals surface area contributed by atoms with E-state index in [9.17, 15) is 0 Å². The van der Waals surface area contributed by atoms with Crippen LogP contribution in [0.4, 0.5) is 5.13 Å². The van der Waals surface area contributed by atoms with Gasteiger partial charge in [-0.05, 0) is 11.5 Å². The average molecular weight is 273 g/mol. The van der Waals surface area contributed by atoms with Crippen LogP contribution in [0.15, 0.2) is 4.34 Å². The third kappa shape index (κ3) is 2.89. The van der Waals surface area contributed by atoms with E-state index in [1.807, 2.05) is 7.05 Å². The third-order valence-electron chi connectivity index (χ3n) is 1.77. The van der Waals surface area contributed by atoms with Crippen molar-refractivity contribution in [3.05, 3.63) is 10.8 Å². The molecule has 86 valence electrons. The van der Waals surface area contributed by atoms with Crippen molar-refractivity contribution in [2.75, 3.05) is 12.4 Å². The minimum Gasteiger partial charge on any atom is -0.363 e. The first kappa shape index (κ1) is 11.7. The lowest BCUT2D eigenvalue weighted by Gasteiger charge is -1.90. The number of anilines is 1. The standard InChI is InChI=1S/C8H11N5S3/c1-3-5-10-8(16-13-5)14-4-6-11-12-7(9-2)15-6/h3-4H2,1-2H3,(H,9,12). The monoisotopic (exact) mass is 273 g/mol. The number of aryl methyl sites for hydroxylation is 1. The van der Waals surface area contributed by atoms with E-state index in [-0.39, 0.29) is 0 Å². The molecule has 2 aromatic rings. The van der Waals surface area contributed by atoms with Crippen LogP contribution >= 0.6 is 34.6 Å². The Labute approximate surface area is 106 Å². The van der Waals surface area contributed by atoms with E-state index in [0.29, 0.717) is 0 Å². The molecule has 0 aliphatic rings. The molecule has 2 rings (SSSR count). The van der Waals surface area contributed by atoms with E-state index in [1.165, 1.54) is 11.5 Å². The quantitative estimate of drug-likeness (QED) is 0.843. The average Bonchev–Trinajstić information content (AvgIpc) is 2.95. The summed E-state index contributed by atoms with van der Waals surface area (Å²) in [7, 11) is 1.84. The lowest BCUT2D eigenvalue weighted by atomic mass is 10.5. The van der Waals surface area contributed by atoms with Crippen LogP contribution in [0, 0.1) is 0 Å². The van der Waals surface area contributed by atoms with Gasteiger partial charge in [0.15, 0.2) is 4.34 Å². The fourth-order valence-electron chi connectivity index (χ4n) is 0.977. The summed E-state index contributed by atoms with van der Waals surface area (Å²) in [5.74, 6) is 1.72. The zero-order valence-corrected chi connectivity index (χ0v) is 11.4. The highest BCUT2D eigenvalue weighted by molar-refractivity contribution is 8.00. The van der Waals surface area contributed by atoms with Gasteiger partial charge >= 0.3 is 0 Å². The first-order valence-corrected chi connectivity index (χ1v) is 7.35. The number of nitrogens with one attached hydrogen (secondary N) is 1. The molecular weight excluding hydrogens is 262 g/mol. The smallest absolute Gasteiger partial charge is 0.205 e. The van der Waals surface area contributed by atoms with Crippen molar-refractivity contribution < 1.29 is 0 Å². The van der Waals surface area contributed by atoms with E-state index >= 15 is 0 Å². The second-order valence-corrected chi connectivity index (χ2v) is 5.91. The van der Waals surface area contributed by atoms with E-state index < -0.39 is 0 Å². The Bertz CT molecular complexity index is 410. The molecule has 0 atom stereocenters. The Hall–Kier alpha value is -0.730. The van der Waals surface area contributed by atoms with Crippen LogP contribution in [0.1, 0.15) is 17.8 Å². The van der Waals surface area contributed by atoms with Gasteiger partial charge in [0.2, 0.25) is 5.13 Å². The molecule has 0 unspecified atom stereocenters. The molecule has 16 heavy (non-hydrogen) atoms. The molecular formula is C8H11N5S3. The highest BCUT2D eigenvalue weighted by atomic mass is 32.2. The van der Waals surface area contributed by atoms with Crippen LogP contribution in [0.3, 0.4) is 0 Å².